The van der Waals surface area contributed by atoms with E-state index in [1.165, 1.54) is 0 Å². The molecule has 0 spiro atoms. The van der Waals surface area contributed by atoms with Crippen LogP contribution in [0.15, 0.2) is 37.0 Å². The van der Waals surface area contributed by atoms with Gasteiger partial charge in [-0.3, -0.25) is 8.97 Å². The van der Waals surface area contributed by atoms with E-state index >= 15 is 0 Å². The molecule has 100 valence electrons. The Kier molecular flexibility index (Phi) is 3.19. The van der Waals surface area contributed by atoms with E-state index in [-0.39, 0.29) is 17.8 Å². The van der Waals surface area contributed by atoms with E-state index in [0.29, 0.717) is 0 Å². The number of halogens is 1. The molecule has 3 rings (SSSR count). The molecular weight excluding hydrogens is 258 g/mol. The van der Waals surface area contributed by atoms with Gasteiger partial charge in [0, 0.05) is 17.8 Å². The van der Waals surface area contributed by atoms with Crippen molar-refractivity contribution < 1.29 is 0 Å². The van der Waals surface area contributed by atoms with Crippen LogP contribution in [0.25, 0.3) is 23.0 Å². The Labute approximate surface area is 119 Å². The van der Waals surface area contributed by atoms with Crippen LogP contribution in [0.3, 0.4) is 0 Å². The van der Waals surface area contributed by atoms with Gasteiger partial charge in [-0.2, -0.15) is 0 Å². The van der Waals surface area contributed by atoms with Crippen molar-refractivity contribution in [2.45, 2.75) is 26.2 Å². The molecule has 0 aliphatic rings. The van der Waals surface area contributed by atoms with E-state index in [9.17, 15) is 0 Å². The maximum absolute atomic E-state index is 4.75. The van der Waals surface area contributed by atoms with Crippen LogP contribution in [0.5, 0.6) is 0 Å². The van der Waals surface area contributed by atoms with Gasteiger partial charge in [0.15, 0.2) is 0 Å². The largest absolute Gasteiger partial charge is 0.286 e. The minimum absolute atomic E-state index is 0. The summed E-state index contributed by atoms with van der Waals surface area (Å²) in [6, 6.07) is 8.28. The van der Waals surface area contributed by atoms with E-state index in [2.05, 4.69) is 50.1 Å². The van der Waals surface area contributed by atoms with Crippen molar-refractivity contribution in [2.75, 3.05) is 0 Å². The van der Waals surface area contributed by atoms with Gasteiger partial charge in [-0.1, -0.05) is 39.5 Å². The summed E-state index contributed by atoms with van der Waals surface area (Å²) in [4.78, 5) is 4.75. The molecule has 0 aliphatic heterocycles. The smallest absolute Gasteiger partial charge is 0.219 e. The van der Waals surface area contributed by atoms with Crippen LogP contribution < -0.4 is 0 Å². The van der Waals surface area contributed by atoms with E-state index in [1.54, 1.807) is 0 Å². The zero-order valence-electron chi connectivity index (χ0n) is 11.4. The molecule has 2 aromatic heterocycles. The average Bonchev–Trinajstić information content (AvgIpc) is 2.84. The Bertz CT molecular complexity index is 744. The molecule has 3 aromatic rings. The van der Waals surface area contributed by atoms with Gasteiger partial charge in [-0.15, -0.1) is 12.4 Å². The highest BCUT2D eigenvalue weighted by Crippen LogP contribution is 2.26. The summed E-state index contributed by atoms with van der Waals surface area (Å²) in [5, 5.41) is 0. The van der Waals surface area contributed by atoms with Crippen LogP contribution in [0.4, 0.5) is 0 Å². The predicted octanol–water partition coefficient (Wildman–Crippen LogP) is 4.11. The number of nitrogens with zero attached hydrogens (tertiary/aromatic N) is 3. The molecular formula is C15H18ClN3. The molecule has 19 heavy (non-hydrogen) atoms. The number of imidazole rings is 2. The molecule has 0 radical (unpaired) electrons. The first-order chi connectivity index (χ1) is 8.52. The number of hydrogen-bond donors (Lipinski definition) is 0. The monoisotopic (exact) mass is 275 g/mol. The third-order valence-electron chi connectivity index (χ3n) is 3.25. The van der Waals surface area contributed by atoms with Gasteiger partial charge in [-0.25, -0.2) is 4.98 Å². The Morgan fingerprint density at radius 3 is 2.37 bits per heavy atom. The normalized spacial score (nSPS) is 11.7. The van der Waals surface area contributed by atoms with Crippen molar-refractivity contribution >= 4 is 35.4 Å². The summed E-state index contributed by atoms with van der Waals surface area (Å²) in [5.41, 5.74) is 3.45. The summed E-state index contributed by atoms with van der Waals surface area (Å²) < 4.78 is 4.17. The second-order valence-electron chi connectivity index (χ2n) is 5.59. The first-order valence-corrected chi connectivity index (χ1v) is 6.13. The first-order valence-electron chi connectivity index (χ1n) is 6.13. The second kappa shape index (κ2) is 4.42. The van der Waals surface area contributed by atoms with E-state index in [0.717, 1.165) is 22.5 Å². The quantitative estimate of drug-likeness (QED) is 0.655. The minimum Gasteiger partial charge on any atom is -0.286 e. The summed E-state index contributed by atoms with van der Waals surface area (Å²) >= 11 is 0. The highest BCUT2D eigenvalue weighted by atomic mass is 35.5. The number of aromatic nitrogens is 3. The van der Waals surface area contributed by atoms with Gasteiger partial charge >= 0.3 is 0 Å². The SMILES string of the molecule is C=Cn1c2ccccc2n2cc(C(C)(C)C)nc12.Cl. The van der Waals surface area contributed by atoms with Crippen molar-refractivity contribution in [1.29, 1.82) is 0 Å². The molecule has 0 amide bonds. The zero-order chi connectivity index (χ0) is 12.9. The number of rotatable bonds is 1. The minimum atomic E-state index is 0. The molecule has 0 saturated heterocycles. The summed E-state index contributed by atoms with van der Waals surface area (Å²) in [5.74, 6) is 0.927. The van der Waals surface area contributed by atoms with Gasteiger partial charge in [-0.05, 0) is 12.1 Å². The average molecular weight is 276 g/mol. The summed E-state index contributed by atoms with van der Waals surface area (Å²) in [6.45, 7) is 10.4. The lowest BCUT2D eigenvalue weighted by Gasteiger charge is -2.14. The molecule has 4 heteroatoms. The Hall–Kier alpha value is -1.74. The van der Waals surface area contributed by atoms with Crippen LogP contribution in [0, 0.1) is 0 Å². The lowest BCUT2D eigenvalue weighted by atomic mass is 9.93. The Morgan fingerprint density at radius 2 is 1.79 bits per heavy atom. The third-order valence-corrected chi connectivity index (χ3v) is 3.25. The maximum Gasteiger partial charge on any atom is 0.219 e. The molecule has 3 nitrogen and oxygen atoms in total. The molecule has 0 unspecified atom stereocenters. The molecule has 0 saturated carbocycles. The predicted molar refractivity (Wildman–Crippen MR) is 83.0 cm³/mol. The summed E-state index contributed by atoms with van der Waals surface area (Å²) in [6.07, 6.45) is 3.94. The van der Waals surface area contributed by atoms with Gasteiger partial charge in [0.2, 0.25) is 5.78 Å². The molecule has 1 aromatic carbocycles. The fourth-order valence-corrected chi connectivity index (χ4v) is 2.24. The van der Waals surface area contributed by atoms with Crippen LogP contribution in [-0.4, -0.2) is 14.0 Å². The molecule has 0 aliphatic carbocycles. The van der Waals surface area contributed by atoms with Crippen molar-refractivity contribution in [3.8, 4) is 0 Å². The molecule has 0 bridgehead atoms. The van der Waals surface area contributed by atoms with E-state index in [4.69, 9.17) is 4.98 Å². The Morgan fingerprint density at radius 1 is 1.16 bits per heavy atom. The van der Waals surface area contributed by atoms with Crippen LogP contribution >= 0.6 is 12.4 Å². The van der Waals surface area contributed by atoms with E-state index in [1.807, 2.05) is 22.9 Å². The number of fused-ring (bicyclic) bond motifs is 3. The van der Waals surface area contributed by atoms with Gasteiger partial charge < -0.3 is 0 Å². The highest BCUT2D eigenvalue weighted by Gasteiger charge is 2.20. The lowest BCUT2D eigenvalue weighted by molar-refractivity contribution is 0.573. The number of hydrogen-bond acceptors (Lipinski definition) is 1. The first kappa shape index (κ1) is 13.7. The number of benzene rings is 1. The standard InChI is InChI=1S/C15H17N3.ClH/c1-5-17-11-8-6-7-9-12(11)18-10-13(15(2,3)4)16-14(17)18;/h5-10H,1H2,2-4H3;1H. The summed E-state index contributed by atoms with van der Waals surface area (Å²) in [7, 11) is 0. The van der Waals surface area contributed by atoms with Gasteiger partial charge in [0.05, 0.1) is 16.7 Å². The lowest BCUT2D eigenvalue weighted by Crippen LogP contribution is -2.11. The molecule has 0 fully saturated rings. The van der Waals surface area contributed by atoms with Crippen molar-refractivity contribution in [3.63, 3.8) is 0 Å². The fraction of sp³-hybridized carbons (Fsp3) is 0.267. The fourth-order valence-electron chi connectivity index (χ4n) is 2.24. The van der Waals surface area contributed by atoms with Gasteiger partial charge in [0.1, 0.15) is 0 Å². The van der Waals surface area contributed by atoms with Crippen LogP contribution in [0.2, 0.25) is 0 Å². The van der Waals surface area contributed by atoms with Crippen LogP contribution in [-0.2, 0) is 5.41 Å². The third kappa shape index (κ3) is 1.94. The van der Waals surface area contributed by atoms with Gasteiger partial charge in [0.25, 0.3) is 0 Å². The maximum atomic E-state index is 4.75. The second-order valence-corrected chi connectivity index (χ2v) is 5.59. The highest BCUT2D eigenvalue weighted by molar-refractivity contribution is 5.85. The van der Waals surface area contributed by atoms with Crippen molar-refractivity contribution in [1.82, 2.24) is 14.0 Å². The molecule has 0 N–H and O–H groups in total. The zero-order valence-corrected chi connectivity index (χ0v) is 12.2. The Balaban J connectivity index is 0.00000133. The van der Waals surface area contributed by atoms with Crippen molar-refractivity contribution in [2.24, 2.45) is 0 Å². The van der Waals surface area contributed by atoms with E-state index < -0.39 is 0 Å². The van der Waals surface area contributed by atoms with Crippen molar-refractivity contribution in [3.05, 3.63) is 42.7 Å². The molecule has 0 atom stereocenters. The topological polar surface area (TPSA) is 22.2 Å². The molecule has 2 heterocycles. The van der Waals surface area contributed by atoms with Crippen LogP contribution in [0.1, 0.15) is 26.5 Å². The number of para-hydroxylation sites is 2.